The van der Waals surface area contributed by atoms with Crippen molar-refractivity contribution in [3.05, 3.63) is 65.0 Å². The maximum atomic E-state index is 14.3. The summed E-state index contributed by atoms with van der Waals surface area (Å²) < 4.78 is 31.4. The van der Waals surface area contributed by atoms with Crippen LogP contribution in [-0.4, -0.2) is 41.0 Å². The van der Waals surface area contributed by atoms with Crippen LogP contribution in [0.4, 0.5) is 4.39 Å². The number of carboxylic acids is 1. The van der Waals surface area contributed by atoms with Crippen LogP contribution in [-0.2, 0) is 4.79 Å². The number of nitrogens with zero attached hydrogens (tertiary/aromatic N) is 2. The number of ether oxygens (including phenoxy) is 3. The van der Waals surface area contributed by atoms with Crippen molar-refractivity contribution in [2.75, 3.05) is 13.7 Å². The number of methoxy groups -OCH3 is 1. The van der Waals surface area contributed by atoms with Gasteiger partial charge in [0.2, 0.25) is 0 Å². The van der Waals surface area contributed by atoms with Crippen LogP contribution in [0, 0.1) is 17.1 Å². The first-order valence-electron chi connectivity index (χ1n) is 10.9. The van der Waals surface area contributed by atoms with Gasteiger partial charge in [0, 0.05) is 22.1 Å². The summed E-state index contributed by atoms with van der Waals surface area (Å²) in [6, 6.07) is 9.23. The van der Waals surface area contributed by atoms with E-state index in [9.17, 15) is 19.6 Å². The van der Waals surface area contributed by atoms with Crippen LogP contribution in [0.2, 0.25) is 0 Å². The highest BCUT2D eigenvalue weighted by Crippen LogP contribution is 2.39. The average Bonchev–Trinajstić information content (AvgIpc) is 2.85. The average molecular weight is 563 g/mol. The molecule has 10 heteroatoms. The minimum atomic E-state index is -1.22. The SMILES string of the molecule is C=CC.CC.COc1cc2c(Oc3ccc(Br)cc3F)c(C#N)cnc2cc1OCC(O)CC(=O)O. The van der Waals surface area contributed by atoms with E-state index in [0.29, 0.717) is 15.4 Å². The van der Waals surface area contributed by atoms with E-state index < -0.39 is 24.3 Å². The quantitative estimate of drug-likeness (QED) is 0.309. The lowest BCUT2D eigenvalue weighted by atomic mass is 10.1. The largest absolute Gasteiger partial charge is 0.493 e. The number of hydrogen-bond acceptors (Lipinski definition) is 7. The van der Waals surface area contributed by atoms with Crippen LogP contribution < -0.4 is 14.2 Å². The fourth-order valence-corrected chi connectivity index (χ4v) is 3.09. The molecule has 0 bridgehead atoms. The number of aliphatic hydroxyl groups is 1. The van der Waals surface area contributed by atoms with Crippen LogP contribution in [0.1, 0.15) is 32.8 Å². The molecule has 0 aliphatic carbocycles. The smallest absolute Gasteiger partial charge is 0.306 e. The number of fused-ring (bicyclic) bond motifs is 1. The van der Waals surface area contributed by atoms with Gasteiger partial charge in [-0.1, -0.05) is 35.9 Å². The molecular weight excluding hydrogens is 535 g/mol. The van der Waals surface area contributed by atoms with Crippen molar-refractivity contribution in [3.8, 4) is 29.1 Å². The second-order valence-corrected chi connectivity index (χ2v) is 7.70. The van der Waals surface area contributed by atoms with Gasteiger partial charge in [-0.05, 0) is 31.2 Å². The molecule has 2 N–H and O–H groups in total. The molecule has 3 aromatic rings. The molecule has 0 amide bonds. The molecule has 1 unspecified atom stereocenters. The molecule has 0 radical (unpaired) electrons. The van der Waals surface area contributed by atoms with Gasteiger partial charge in [0.15, 0.2) is 28.8 Å². The number of rotatable bonds is 8. The first kappa shape index (κ1) is 30.4. The van der Waals surface area contributed by atoms with Crippen molar-refractivity contribution < 1.29 is 33.6 Å². The van der Waals surface area contributed by atoms with Crippen molar-refractivity contribution in [2.45, 2.75) is 33.3 Å². The molecule has 3 rings (SSSR count). The number of aromatic nitrogens is 1. The van der Waals surface area contributed by atoms with Gasteiger partial charge >= 0.3 is 5.97 Å². The van der Waals surface area contributed by atoms with Crippen molar-refractivity contribution in [2.24, 2.45) is 0 Å². The minimum Gasteiger partial charge on any atom is -0.493 e. The zero-order valence-corrected chi connectivity index (χ0v) is 22.0. The van der Waals surface area contributed by atoms with Gasteiger partial charge < -0.3 is 24.4 Å². The van der Waals surface area contributed by atoms with Crippen molar-refractivity contribution in [3.63, 3.8) is 0 Å². The highest BCUT2D eigenvalue weighted by molar-refractivity contribution is 9.10. The molecule has 0 aliphatic rings. The molecule has 192 valence electrons. The Morgan fingerprint density at radius 2 is 1.94 bits per heavy atom. The molecular formula is C26H28BrFN2O6. The van der Waals surface area contributed by atoms with Crippen LogP contribution in [0.5, 0.6) is 23.0 Å². The molecule has 0 spiro atoms. The van der Waals surface area contributed by atoms with Crippen LogP contribution in [0.3, 0.4) is 0 Å². The summed E-state index contributed by atoms with van der Waals surface area (Å²) in [7, 11) is 1.39. The lowest BCUT2D eigenvalue weighted by molar-refractivity contribution is -0.139. The van der Waals surface area contributed by atoms with E-state index in [1.165, 1.54) is 37.6 Å². The summed E-state index contributed by atoms with van der Waals surface area (Å²) in [6.07, 6.45) is 1.34. The van der Waals surface area contributed by atoms with E-state index in [-0.39, 0.29) is 35.2 Å². The fourth-order valence-electron chi connectivity index (χ4n) is 2.75. The van der Waals surface area contributed by atoms with Crippen LogP contribution >= 0.6 is 15.9 Å². The molecule has 8 nitrogen and oxygen atoms in total. The van der Waals surface area contributed by atoms with Gasteiger partial charge in [0.25, 0.3) is 0 Å². The Morgan fingerprint density at radius 1 is 1.28 bits per heavy atom. The van der Waals surface area contributed by atoms with Crippen molar-refractivity contribution in [1.82, 2.24) is 4.98 Å². The maximum absolute atomic E-state index is 14.3. The zero-order valence-electron chi connectivity index (χ0n) is 20.4. The third-order valence-corrected chi connectivity index (χ3v) is 4.67. The predicted octanol–water partition coefficient (Wildman–Crippen LogP) is 6.24. The maximum Gasteiger partial charge on any atom is 0.306 e. The number of halogens is 2. The number of nitriles is 1. The molecule has 1 atom stereocenters. The van der Waals surface area contributed by atoms with Crippen molar-refractivity contribution in [1.29, 1.82) is 5.26 Å². The second kappa shape index (κ2) is 15.3. The normalized spacial score (nSPS) is 10.5. The van der Waals surface area contributed by atoms with E-state index >= 15 is 0 Å². The zero-order chi connectivity index (χ0) is 27.3. The van der Waals surface area contributed by atoms with Gasteiger partial charge in [-0.15, -0.1) is 6.58 Å². The Bertz CT molecular complexity index is 1230. The molecule has 2 aromatic carbocycles. The number of carbonyl (C=O) groups is 1. The van der Waals surface area contributed by atoms with Gasteiger partial charge in [0.1, 0.15) is 18.2 Å². The summed E-state index contributed by atoms with van der Waals surface area (Å²) in [5, 5.41) is 28.3. The van der Waals surface area contributed by atoms with Gasteiger partial charge in [-0.3, -0.25) is 9.78 Å². The topological polar surface area (TPSA) is 122 Å². The van der Waals surface area contributed by atoms with Gasteiger partial charge in [-0.2, -0.15) is 5.26 Å². The van der Waals surface area contributed by atoms with E-state index in [2.05, 4.69) is 27.5 Å². The Kier molecular flexibility index (Phi) is 12.9. The van der Waals surface area contributed by atoms with Crippen molar-refractivity contribution >= 4 is 32.8 Å². The Labute approximate surface area is 217 Å². The summed E-state index contributed by atoms with van der Waals surface area (Å²) in [4.78, 5) is 14.9. The summed E-state index contributed by atoms with van der Waals surface area (Å²) in [5.41, 5.74) is 0.442. The van der Waals surface area contributed by atoms with Crippen LogP contribution in [0.15, 0.2) is 53.7 Å². The first-order valence-corrected chi connectivity index (χ1v) is 11.7. The second-order valence-electron chi connectivity index (χ2n) is 6.78. The molecule has 0 saturated carbocycles. The van der Waals surface area contributed by atoms with E-state index in [1.807, 2.05) is 26.8 Å². The first-order chi connectivity index (χ1) is 17.2. The molecule has 0 aliphatic heterocycles. The number of benzene rings is 2. The number of pyridine rings is 1. The predicted molar refractivity (Wildman–Crippen MR) is 138 cm³/mol. The molecule has 0 saturated heterocycles. The summed E-state index contributed by atoms with van der Waals surface area (Å²) >= 11 is 3.18. The molecule has 0 fully saturated rings. The highest BCUT2D eigenvalue weighted by atomic mass is 79.9. The molecule has 36 heavy (non-hydrogen) atoms. The van der Waals surface area contributed by atoms with Gasteiger partial charge in [-0.25, -0.2) is 4.39 Å². The number of allylic oxidation sites excluding steroid dienone is 1. The fraction of sp³-hybridized carbons (Fsp3) is 0.269. The Morgan fingerprint density at radius 3 is 2.50 bits per heavy atom. The van der Waals surface area contributed by atoms with E-state index in [4.69, 9.17) is 19.3 Å². The number of hydrogen-bond donors (Lipinski definition) is 2. The van der Waals surface area contributed by atoms with Crippen LogP contribution in [0.25, 0.3) is 10.9 Å². The minimum absolute atomic E-state index is 0.0803. The lowest BCUT2D eigenvalue weighted by Crippen LogP contribution is -2.21. The monoisotopic (exact) mass is 562 g/mol. The van der Waals surface area contributed by atoms with Gasteiger partial charge in [0.05, 0.1) is 25.2 Å². The lowest BCUT2D eigenvalue weighted by Gasteiger charge is -2.16. The summed E-state index contributed by atoms with van der Waals surface area (Å²) in [6.45, 7) is 8.97. The third kappa shape index (κ3) is 8.52. The van der Waals surface area contributed by atoms with E-state index in [1.54, 1.807) is 12.1 Å². The molecule has 1 heterocycles. The standard InChI is InChI=1S/C21H16BrFN2O6.C3H6.C2H6/c1-29-18-6-14-16(7-19(18)30-10-13(26)5-20(27)28)25-9-11(8-24)21(14)31-17-3-2-12(22)4-15(17)23;1-3-2;1-2/h2-4,6-7,9,13,26H,5,10H2,1H3,(H,27,28);3H,1H2,2H3;1-2H3. The number of carboxylic acid groups (broad SMARTS) is 1. The summed E-state index contributed by atoms with van der Waals surface area (Å²) in [5.74, 6) is -1.34. The number of aliphatic carboxylic acids is 1. The Balaban J connectivity index is 0.00000120. The highest BCUT2D eigenvalue weighted by Gasteiger charge is 2.18. The molecule has 1 aromatic heterocycles. The Hall–Kier alpha value is -3.68. The number of aliphatic hydroxyl groups excluding tert-OH is 1. The van der Waals surface area contributed by atoms with E-state index in [0.717, 1.165) is 0 Å². The third-order valence-electron chi connectivity index (χ3n) is 4.17.